The van der Waals surface area contributed by atoms with Gasteiger partial charge in [0.2, 0.25) is 11.8 Å². The molecule has 0 fully saturated rings. The SMILES string of the molecule is CCCCCCCCCCCCCCCCCC(=O)C[C@@H](CCC(=O)NCCOCCOCC(=O)CCCOCCOCC(=O)NCCCC[C@H](CC(=O)[C@@H](N)Cc1cnc[nH]1)C(=O)O)C(=O)O. The van der Waals surface area contributed by atoms with Crippen LogP contribution in [0.1, 0.15) is 173 Å². The highest BCUT2D eigenvalue weighted by Gasteiger charge is 2.25. The van der Waals surface area contributed by atoms with Gasteiger partial charge in [-0.05, 0) is 32.1 Å². The summed E-state index contributed by atoms with van der Waals surface area (Å²) in [7, 11) is 0. The van der Waals surface area contributed by atoms with E-state index in [1.807, 2.05) is 0 Å². The molecule has 0 saturated heterocycles. The molecule has 2 amide bonds. The van der Waals surface area contributed by atoms with Crippen LogP contribution in [-0.4, -0.2) is 133 Å². The summed E-state index contributed by atoms with van der Waals surface area (Å²) in [5.41, 5.74) is 6.64. The Labute approximate surface area is 405 Å². The molecule has 390 valence electrons. The van der Waals surface area contributed by atoms with Crippen LogP contribution in [0.4, 0.5) is 0 Å². The van der Waals surface area contributed by atoms with Crippen LogP contribution >= 0.6 is 0 Å². The maximum atomic E-state index is 12.5. The van der Waals surface area contributed by atoms with Gasteiger partial charge in [0, 0.05) is 70.1 Å². The number of aromatic nitrogens is 2. The number of unbranched alkanes of at least 4 members (excludes halogenated alkanes) is 15. The number of Topliss-reactive ketones (excluding diaryl/α,β-unsaturated/α-hetero) is 3. The monoisotopic (exact) mass is 966 g/mol. The summed E-state index contributed by atoms with van der Waals surface area (Å²) in [5.74, 6) is -4.93. The van der Waals surface area contributed by atoms with Crippen molar-refractivity contribution in [2.24, 2.45) is 17.6 Å². The third-order valence-electron chi connectivity index (χ3n) is 11.7. The van der Waals surface area contributed by atoms with Crippen LogP contribution in [0.5, 0.6) is 0 Å². The molecule has 0 saturated carbocycles. The second kappa shape index (κ2) is 43.0. The lowest BCUT2D eigenvalue weighted by molar-refractivity contribution is -0.144. The van der Waals surface area contributed by atoms with Gasteiger partial charge < -0.3 is 50.5 Å². The van der Waals surface area contributed by atoms with E-state index in [9.17, 15) is 43.8 Å². The van der Waals surface area contributed by atoms with Crippen LogP contribution in [0, 0.1) is 11.8 Å². The van der Waals surface area contributed by atoms with Crippen molar-refractivity contribution >= 4 is 41.1 Å². The third kappa shape index (κ3) is 36.9. The topological polar surface area (TPSA) is 276 Å². The Hall–Kier alpha value is -4.10. The Morgan fingerprint density at radius 3 is 1.72 bits per heavy atom. The average molecular weight is 966 g/mol. The molecule has 0 unspecified atom stereocenters. The number of rotatable bonds is 50. The number of aliphatic carboxylic acids is 2. The Morgan fingerprint density at radius 2 is 1.12 bits per heavy atom. The van der Waals surface area contributed by atoms with E-state index in [0.29, 0.717) is 44.5 Å². The van der Waals surface area contributed by atoms with E-state index < -0.39 is 29.8 Å². The van der Waals surface area contributed by atoms with Crippen LogP contribution in [-0.2, 0) is 58.9 Å². The number of aromatic amines is 1. The number of nitrogens with two attached hydrogens (primary N) is 1. The molecular formula is C50H87N5O13. The number of ether oxygens (including phenoxy) is 4. The highest BCUT2D eigenvalue weighted by Crippen LogP contribution is 2.18. The maximum absolute atomic E-state index is 12.5. The van der Waals surface area contributed by atoms with Crippen molar-refractivity contribution < 1.29 is 62.7 Å². The Balaban J connectivity index is 1.93. The van der Waals surface area contributed by atoms with Crippen LogP contribution < -0.4 is 16.4 Å². The van der Waals surface area contributed by atoms with Crippen molar-refractivity contribution in [1.29, 1.82) is 0 Å². The summed E-state index contributed by atoms with van der Waals surface area (Å²) >= 11 is 0. The lowest BCUT2D eigenvalue weighted by Crippen LogP contribution is -2.35. The standard InChI is InChI=1S/C50H87N5O13/c1-2-3-4-5-6-7-8-9-10-11-12-13-14-15-16-21-43(56)33-41(50(63)64)23-24-47(59)54-26-28-66-30-31-67-37-44(57)22-19-27-65-29-32-68-38-48(60)53-25-18-17-20-40(49(61)62)34-46(58)45(51)35-42-36-52-39-55-42/h36,39-41,45H,2-35,37-38,51H2,1H3,(H,52,55)(H,53,60)(H,54,59)(H,61,62)(H,63,64)/t40-,41-,45+/m1/s1. The van der Waals surface area contributed by atoms with Gasteiger partial charge in [-0.1, -0.05) is 103 Å². The highest BCUT2D eigenvalue weighted by atomic mass is 16.5. The van der Waals surface area contributed by atoms with Gasteiger partial charge in [-0.15, -0.1) is 0 Å². The molecule has 0 aliphatic rings. The van der Waals surface area contributed by atoms with Gasteiger partial charge in [0.05, 0.1) is 57.2 Å². The van der Waals surface area contributed by atoms with E-state index in [1.54, 1.807) is 6.20 Å². The molecule has 7 N–H and O–H groups in total. The molecule has 0 spiro atoms. The number of nitrogens with zero attached hydrogens (tertiary/aromatic N) is 1. The summed E-state index contributed by atoms with van der Waals surface area (Å²) in [6.45, 7) is 4.04. The molecule has 1 rings (SSSR count). The number of imidazole rings is 1. The molecule has 1 aromatic heterocycles. The summed E-state index contributed by atoms with van der Waals surface area (Å²) in [4.78, 5) is 91.4. The van der Waals surface area contributed by atoms with Gasteiger partial charge >= 0.3 is 11.9 Å². The second-order valence-corrected chi connectivity index (χ2v) is 17.8. The predicted molar refractivity (Wildman–Crippen MR) is 258 cm³/mol. The molecule has 0 aliphatic carbocycles. The smallest absolute Gasteiger partial charge is 0.306 e. The van der Waals surface area contributed by atoms with Gasteiger partial charge in [-0.25, -0.2) is 4.98 Å². The molecule has 0 aromatic carbocycles. The number of carboxylic acid groups (broad SMARTS) is 2. The second-order valence-electron chi connectivity index (χ2n) is 17.8. The minimum atomic E-state index is -1.06. The summed E-state index contributed by atoms with van der Waals surface area (Å²) in [6, 6.07) is -0.815. The zero-order chi connectivity index (χ0) is 49.9. The number of hydrogen-bond acceptors (Lipinski definition) is 13. The number of H-pyrrole nitrogens is 1. The van der Waals surface area contributed by atoms with E-state index in [4.69, 9.17) is 24.7 Å². The minimum absolute atomic E-state index is 0.00816. The number of hydrogen-bond donors (Lipinski definition) is 6. The fourth-order valence-electron chi connectivity index (χ4n) is 7.52. The van der Waals surface area contributed by atoms with Gasteiger partial charge in [-0.3, -0.25) is 33.6 Å². The summed E-state index contributed by atoms with van der Waals surface area (Å²) in [5, 5.41) is 24.5. The first-order valence-corrected chi connectivity index (χ1v) is 25.5. The molecule has 18 heteroatoms. The van der Waals surface area contributed by atoms with E-state index in [2.05, 4.69) is 27.5 Å². The predicted octanol–water partition coefficient (Wildman–Crippen LogP) is 6.46. The zero-order valence-electron chi connectivity index (χ0n) is 41.3. The fraction of sp³-hybridized carbons (Fsp3) is 0.800. The minimum Gasteiger partial charge on any atom is -0.481 e. The normalized spacial score (nSPS) is 12.6. The fourth-order valence-corrected chi connectivity index (χ4v) is 7.52. The largest absolute Gasteiger partial charge is 0.481 e. The lowest BCUT2D eigenvalue weighted by atomic mass is 9.92. The summed E-state index contributed by atoms with van der Waals surface area (Å²) in [6.07, 6.45) is 24.3. The van der Waals surface area contributed by atoms with E-state index in [-0.39, 0.29) is 127 Å². The van der Waals surface area contributed by atoms with Crippen molar-refractivity contribution in [2.45, 2.75) is 180 Å². The van der Waals surface area contributed by atoms with Crippen molar-refractivity contribution in [3.05, 3.63) is 18.2 Å². The first kappa shape index (κ1) is 61.9. The quantitative estimate of drug-likeness (QED) is 0.0382. The van der Waals surface area contributed by atoms with Crippen molar-refractivity contribution in [3.8, 4) is 0 Å². The number of ketones is 3. The van der Waals surface area contributed by atoms with Crippen LogP contribution in [0.2, 0.25) is 0 Å². The summed E-state index contributed by atoms with van der Waals surface area (Å²) < 4.78 is 21.6. The van der Waals surface area contributed by atoms with E-state index in [1.165, 1.54) is 83.4 Å². The zero-order valence-corrected chi connectivity index (χ0v) is 41.3. The molecule has 0 bridgehead atoms. The Kier molecular flexibility index (Phi) is 39.1. The van der Waals surface area contributed by atoms with Gasteiger partial charge in [0.15, 0.2) is 11.6 Å². The molecule has 68 heavy (non-hydrogen) atoms. The Morgan fingerprint density at radius 1 is 0.574 bits per heavy atom. The molecular weight excluding hydrogens is 879 g/mol. The molecule has 0 aliphatic heterocycles. The molecule has 0 radical (unpaired) electrons. The number of nitrogens with one attached hydrogen (secondary N) is 3. The number of carbonyl (C=O) groups excluding carboxylic acids is 5. The van der Waals surface area contributed by atoms with Gasteiger partial charge in [0.1, 0.15) is 19.0 Å². The molecule has 1 aromatic rings. The van der Waals surface area contributed by atoms with Crippen LogP contribution in [0.3, 0.4) is 0 Å². The van der Waals surface area contributed by atoms with E-state index >= 15 is 0 Å². The maximum Gasteiger partial charge on any atom is 0.306 e. The lowest BCUT2D eigenvalue weighted by Gasteiger charge is -2.15. The van der Waals surface area contributed by atoms with Crippen LogP contribution in [0.15, 0.2) is 12.5 Å². The van der Waals surface area contributed by atoms with Crippen molar-refractivity contribution in [3.63, 3.8) is 0 Å². The number of carbonyl (C=O) groups is 7. The van der Waals surface area contributed by atoms with Crippen molar-refractivity contribution in [1.82, 2.24) is 20.6 Å². The van der Waals surface area contributed by atoms with Gasteiger partial charge in [-0.2, -0.15) is 0 Å². The molecule has 3 atom stereocenters. The molecule has 1 heterocycles. The number of amides is 2. The highest BCUT2D eigenvalue weighted by molar-refractivity contribution is 5.88. The average Bonchev–Trinajstić information content (AvgIpc) is 3.83. The number of carboxylic acids is 2. The first-order valence-electron chi connectivity index (χ1n) is 25.5. The van der Waals surface area contributed by atoms with Crippen molar-refractivity contribution in [2.75, 3.05) is 65.9 Å². The Bertz CT molecular complexity index is 1500. The first-order chi connectivity index (χ1) is 32.9. The van der Waals surface area contributed by atoms with Gasteiger partial charge in [0.25, 0.3) is 0 Å². The third-order valence-corrected chi connectivity index (χ3v) is 11.7. The van der Waals surface area contributed by atoms with Crippen LogP contribution in [0.25, 0.3) is 0 Å². The van der Waals surface area contributed by atoms with E-state index in [0.717, 1.165) is 19.3 Å². The molecule has 18 nitrogen and oxygen atoms in total.